The lowest BCUT2D eigenvalue weighted by atomic mass is 9.96. The van der Waals surface area contributed by atoms with Crippen molar-refractivity contribution in [1.82, 2.24) is 5.32 Å². The number of ether oxygens (including phenoxy) is 2. The fourth-order valence-electron chi connectivity index (χ4n) is 4.36. The van der Waals surface area contributed by atoms with Gasteiger partial charge in [0.25, 0.3) is 0 Å². The van der Waals surface area contributed by atoms with Crippen LogP contribution in [-0.2, 0) is 9.53 Å². The van der Waals surface area contributed by atoms with E-state index in [2.05, 4.69) is 60.8 Å². The Balaban J connectivity index is 0. The molecule has 0 radical (unpaired) electrons. The molecule has 0 saturated carbocycles. The Morgan fingerprint density at radius 2 is 1.65 bits per heavy atom. The Hall–Kier alpha value is -3.15. The summed E-state index contributed by atoms with van der Waals surface area (Å²) in [5.74, 6) is 1.43. The van der Waals surface area contributed by atoms with Gasteiger partial charge in [0.2, 0.25) is 0 Å². The zero-order chi connectivity index (χ0) is 32.9. The smallest absolute Gasteiger partial charge is 0.160 e. The second-order valence-electron chi connectivity index (χ2n) is 9.20. The maximum absolute atomic E-state index is 9.89. The van der Waals surface area contributed by atoms with Gasteiger partial charge in [-0.2, -0.15) is 0 Å². The molecular formula is C38H61NO4. The molecule has 43 heavy (non-hydrogen) atoms. The summed E-state index contributed by atoms with van der Waals surface area (Å²) in [4.78, 5) is 9.89. The van der Waals surface area contributed by atoms with Crippen molar-refractivity contribution in [2.24, 2.45) is 5.92 Å². The molecule has 2 aliphatic rings. The monoisotopic (exact) mass is 595 g/mol. The van der Waals surface area contributed by atoms with Crippen molar-refractivity contribution in [3.8, 4) is 11.5 Å². The number of fused-ring (bicyclic) bond motifs is 2. The lowest BCUT2D eigenvalue weighted by Gasteiger charge is -2.13. The normalized spacial score (nSPS) is 14.0. The molecule has 0 aliphatic heterocycles. The summed E-state index contributed by atoms with van der Waals surface area (Å²) in [6, 6.07) is 15.7. The average Bonchev–Trinajstić information content (AvgIpc) is 3.18. The summed E-state index contributed by atoms with van der Waals surface area (Å²) in [6.45, 7) is 18.3. The lowest BCUT2D eigenvalue weighted by Crippen LogP contribution is -2.11. The van der Waals surface area contributed by atoms with Crippen LogP contribution in [0.1, 0.15) is 98.1 Å². The number of carbonyl (C=O) groups is 1. The van der Waals surface area contributed by atoms with Gasteiger partial charge in [-0.05, 0) is 67.3 Å². The van der Waals surface area contributed by atoms with Crippen LogP contribution in [0.2, 0.25) is 0 Å². The molecule has 2 unspecified atom stereocenters. The maximum atomic E-state index is 9.89. The van der Waals surface area contributed by atoms with Crippen molar-refractivity contribution in [2.75, 3.05) is 33.9 Å². The van der Waals surface area contributed by atoms with E-state index in [1.165, 1.54) is 22.3 Å². The molecule has 0 fully saturated rings. The zero-order valence-electron chi connectivity index (χ0n) is 28.8. The quantitative estimate of drug-likeness (QED) is 0.211. The molecular weight excluding hydrogens is 534 g/mol. The molecule has 2 aromatic carbocycles. The first-order valence-electron chi connectivity index (χ1n) is 16.2. The fraction of sp³-hybridized carbons (Fsp3) is 0.500. The number of phenolic OH excluding ortho intramolecular Hbond substituents is 1. The number of benzene rings is 2. The van der Waals surface area contributed by atoms with Crippen molar-refractivity contribution in [2.45, 2.75) is 87.0 Å². The molecule has 0 bridgehead atoms. The minimum Gasteiger partial charge on any atom is -0.504 e. The van der Waals surface area contributed by atoms with Crippen LogP contribution in [0.4, 0.5) is 0 Å². The van der Waals surface area contributed by atoms with Crippen molar-refractivity contribution in [3.05, 3.63) is 89.5 Å². The van der Waals surface area contributed by atoms with E-state index in [1.807, 2.05) is 61.6 Å². The highest BCUT2D eigenvalue weighted by Crippen LogP contribution is 2.44. The number of rotatable bonds is 10. The summed E-state index contributed by atoms with van der Waals surface area (Å²) >= 11 is 0. The summed E-state index contributed by atoms with van der Waals surface area (Å²) in [6.07, 6.45) is 13.8. The van der Waals surface area contributed by atoms with Gasteiger partial charge in [-0.1, -0.05) is 123 Å². The fourth-order valence-corrected chi connectivity index (χ4v) is 4.36. The van der Waals surface area contributed by atoms with E-state index in [1.54, 1.807) is 25.3 Å². The van der Waals surface area contributed by atoms with E-state index in [-0.39, 0.29) is 11.7 Å². The van der Waals surface area contributed by atoms with Crippen molar-refractivity contribution < 1.29 is 19.4 Å². The van der Waals surface area contributed by atoms with Gasteiger partial charge < -0.3 is 24.7 Å². The van der Waals surface area contributed by atoms with Crippen LogP contribution in [0.25, 0.3) is 5.57 Å². The van der Waals surface area contributed by atoms with Crippen LogP contribution in [-0.4, -0.2) is 45.3 Å². The van der Waals surface area contributed by atoms with Gasteiger partial charge in [0, 0.05) is 18.9 Å². The maximum Gasteiger partial charge on any atom is 0.160 e. The summed E-state index contributed by atoms with van der Waals surface area (Å²) < 4.78 is 10.7. The third-order valence-electron chi connectivity index (χ3n) is 6.23. The van der Waals surface area contributed by atoms with Crippen molar-refractivity contribution >= 4 is 11.9 Å². The number of para-hydroxylation sites is 2. The number of nitrogens with one attached hydrogen (secondary N) is 1. The predicted octanol–water partition coefficient (Wildman–Crippen LogP) is 9.78. The first kappa shape index (κ1) is 42.0. The average molecular weight is 596 g/mol. The minimum absolute atomic E-state index is 0.201. The molecule has 0 heterocycles. The van der Waals surface area contributed by atoms with E-state index in [4.69, 9.17) is 9.47 Å². The molecule has 2 aliphatic carbocycles. The van der Waals surface area contributed by atoms with E-state index >= 15 is 0 Å². The number of aromatic hydroxyl groups is 1. The first-order chi connectivity index (χ1) is 21.1. The predicted molar refractivity (Wildman–Crippen MR) is 187 cm³/mol. The van der Waals surface area contributed by atoms with Crippen LogP contribution in [0.3, 0.4) is 0 Å². The molecule has 2 N–H and O–H groups in total. The second-order valence-corrected chi connectivity index (χ2v) is 9.20. The van der Waals surface area contributed by atoms with Gasteiger partial charge in [-0.15, -0.1) is 0 Å². The summed E-state index contributed by atoms with van der Waals surface area (Å²) in [5.41, 5.74) is 5.71. The molecule has 242 valence electrons. The van der Waals surface area contributed by atoms with E-state index in [0.29, 0.717) is 18.3 Å². The Kier molecular flexibility index (Phi) is 28.3. The third-order valence-corrected chi connectivity index (χ3v) is 6.23. The highest BCUT2D eigenvalue weighted by atomic mass is 16.5. The standard InChI is InChI=1S/C16H16O.C10H15NO2.C6H12O.3C2H6/c1-17-11-16-14-8-4-2-3-7-12(14)13-9-5-6-10-15(13)16;1-11-7-4-8-13-10-6-3-2-5-9(10)12;1-3-4-6(2)5-7;3*1-2/h2-6,8-10,16H,7,11H2,1H3;2-3,5-6,11-12H,4,7-8H2,1H3;5-6H,3-4H2,1-2H3;3*1-2H3. The van der Waals surface area contributed by atoms with Gasteiger partial charge in [0.05, 0.1) is 13.2 Å². The molecule has 0 spiro atoms. The van der Waals surface area contributed by atoms with Gasteiger partial charge in [0.15, 0.2) is 11.5 Å². The van der Waals surface area contributed by atoms with Crippen LogP contribution < -0.4 is 10.1 Å². The molecule has 0 amide bonds. The van der Waals surface area contributed by atoms with Gasteiger partial charge in [0.1, 0.15) is 6.29 Å². The minimum atomic E-state index is 0.201. The number of allylic oxidation sites excluding steroid dienone is 5. The van der Waals surface area contributed by atoms with Crippen LogP contribution in [0, 0.1) is 5.92 Å². The molecule has 2 aromatic rings. The highest BCUT2D eigenvalue weighted by molar-refractivity contribution is 5.81. The van der Waals surface area contributed by atoms with Crippen molar-refractivity contribution in [3.63, 3.8) is 0 Å². The van der Waals surface area contributed by atoms with E-state index in [0.717, 1.165) is 45.1 Å². The molecule has 5 nitrogen and oxygen atoms in total. The number of aldehydes is 1. The van der Waals surface area contributed by atoms with Crippen molar-refractivity contribution in [1.29, 1.82) is 0 Å². The SMILES string of the molecule is CC.CC.CC.CCCC(C)C=O.CNCCCOc1ccccc1O.COCC1C2=C(CC=CC=C2)c2ccccc21. The van der Waals surface area contributed by atoms with Crippen LogP contribution in [0.5, 0.6) is 11.5 Å². The first-order valence-corrected chi connectivity index (χ1v) is 16.2. The number of hydrogen-bond donors (Lipinski definition) is 2. The van der Waals surface area contributed by atoms with E-state index in [9.17, 15) is 9.90 Å². The van der Waals surface area contributed by atoms with Gasteiger partial charge in [-0.25, -0.2) is 0 Å². The molecule has 4 rings (SSSR count). The Morgan fingerprint density at radius 3 is 2.23 bits per heavy atom. The Morgan fingerprint density at radius 1 is 1.00 bits per heavy atom. The van der Waals surface area contributed by atoms with E-state index < -0.39 is 0 Å². The Labute approximate surface area is 264 Å². The lowest BCUT2D eigenvalue weighted by molar-refractivity contribution is -0.110. The summed E-state index contributed by atoms with van der Waals surface area (Å²) in [7, 11) is 3.68. The number of hydrogen-bond acceptors (Lipinski definition) is 5. The van der Waals surface area contributed by atoms with Crippen LogP contribution in [0.15, 0.2) is 78.4 Å². The zero-order valence-corrected chi connectivity index (χ0v) is 28.8. The second kappa shape index (κ2) is 28.9. The van der Waals surface area contributed by atoms with Crippen LogP contribution >= 0.6 is 0 Å². The number of methoxy groups -OCH3 is 1. The topological polar surface area (TPSA) is 67.8 Å². The van der Waals surface area contributed by atoms with Gasteiger partial charge in [-0.3, -0.25) is 0 Å². The highest BCUT2D eigenvalue weighted by Gasteiger charge is 2.29. The molecule has 5 heteroatoms. The molecule has 2 atom stereocenters. The molecule has 0 saturated heterocycles. The number of carbonyl (C=O) groups excluding carboxylic acids is 1. The summed E-state index contributed by atoms with van der Waals surface area (Å²) in [5, 5.41) is 12.4. The molecule has 0 aromatic heterocycles. The van der Waals surface area contributed by atoms with Gasteiger partial charge >= 0.3 is 0 Å². The Bertz CT molecular complexity index is 1040. The largest absolute Gasteiger partial charge is 0.504 e. The third kappa shape index (κ3) is 16.3. The number of phenols is 1.